The highest BCUT2D eigenvalue weighted by atomic mass is 15.0. The average molecular weight is 228 g/mol. The van der Waals surface area contributed by atoms with Gasteiger partial charge in [0.25, 0.3) is 0 Å². The third-order valence-electron chi connectivity index (χ3n) is 3.18. The van der Waals surface area contributed by atoms with Gasteiger partial charge in [0, 0.05) is 6.20 Å². The van der Waals surface area contributed by atoms with E-state index in [-0.39, 0.29) is 0 Å². The number of hydrogen-bond donors (Lipinski definition) is 2. The second-order valence-electron chi connectivity index (χ2n) is 4.40. The highest BCUT2D eigenvalue weighted by molar-refractivity contribution is 5.52. The predicted octanol–water partition coefficient (Wildman–Crippen LogP) is 2.29. The molecule has 2 N–H and O–H groups in total. The molecule has 4 heteroatoms. The SMILES string of the molecule is c1ccc(-c2cnc(C3CCCCN3)[nH]2)nc1. The molecule has 0 aliphatic carbocycles. The molecule has 0 aromatic carbocycles. The van der Waals surface area contributed by atoms with Crippen LogP contribution in [0.3, 0.4) is 0 Å². The molecule has 1 unspecified atom stereocenters. The van der Waals surface area contributed by atoms with Crippen LogP contribution in [-0.2, 0) is 0 Å². The molecule has 0 spiro atoms. The minimum atomic E-state index is 0.376. The molecule has 0 bridgehead atoms. The Kier molecular flexibility index (Phi) is 2.88. The molecule has 1 fully saturated rings. The second-order valence-corrected chi connectivity index (χ2v) is 4.40. The minimum absolute atomic E-state index is 0.376. The fraction of sp³-hybridized carbons (Fsp3) is 0.385. The highest BCUT2D eigenvalue weighted by Gasteiger charge is 2.17. The maximum Gasteiger partial charge on any atom is 0.123 e. The van der Waals surface area contributed by atoms with Crippen molar-refractivity contribution in [2.75, 3.05) is 6.54 Å². The fourth-order valence-corrected chi connectivity index (χ4v) is 2.25. The molecule has 0 amide bonds. The van der Waals surface area contributed by atoms with E-state index in [9.17, 15) is 0 Å². The van der Waals surface area contributed by atoms with E-state index >= 15 is 0 Å². The number of aromatic nitrogens is 3. The van der Waals surface area contributed by atoms with Crippen LogP contribution >= 0.6 is 0 Å². The van der Waals surface area contributed by atoms with Crippen LogP contribution < -0.4 is 5.32 Å². The molecule has 0 saturated carbocycles. The topological polar surface area (TPSA) is 53.6 Å². The van der Waals surface area contributed by atoms with E-state index in [4.69, 9.17) is 0 Å². The van der Waals surface area contributed by atoms with Crippen molar-refractivity contribution in [2.45, 2.75) is 25.3 Å². The number of nitrogens with one attached hydrogen (secondary N) is 2. The van der Waals surface area contributed by atoms with Crippen molar-refractivity contribution in [1.82, 2.24) is 20.3 Å². The van der Waals surface area contributed by atoms with E-state index in [1.165, 1.54) is 12.8 Å². The molecule has 88 valence electrons. The van der Waals surface area contributed by atoms with Crippen LogP contribution in [0.4, 0.5) is 0 Å². The third kappa shape index (κ3) is 2.22. The molecule has 1 aliphatic heterocycles. The van der Waals surface area contributed by atoms with Crippen LogP contribution in [0.1, 0.15) is 31.1 Å². The van der Waals surface area contributed by atoms with E-state index in [1.54, 1.807) is 6.20 Å². The van der Waals surface area contributed by atoms with Crippen molar-refractivity contribution >= 4 is 0 Å². The van der Waals surface area contributed by atoms with Gasteiger partial charge in [-0.05, 0) is 31.5 Å². The van der Waals surface area contributed by atoms with Crippen LogP contribution in [0.25, 0.3) is 11.4 Å². The zero-order chi connectivity index (χ0) is 11.5. The normalized spacial score (nSPS) is 20.4. The molecule has 4 nitrogen and oxygen atoms in total. The Morgan fingerprint density at radius 2 is 2.18 bits per heavy atom. The Balaban J connectivity index is 1.83. The zero-order valence-electron chi connectivity index (χ0n) is 9.69. The Morgan fingerprint density at radius 3 is 2.94 bits per heavy atom. The van der Waals surface area contributed by atoms with Crippen molar-refractivity contribution < 1.29 is 0 Å². The summed E-state index contributed by atoms with van der Waals surface area (Å²) in [5.74, 6) is 1.03. The summed E-state index contributed by atoms with van der Waals surface area (Å²) in [6.45, 7) is 1.09. The standard InChI is InChI=1S/C13H16N4/c1-3-7-14-10(5-1)12-9-16-13(17-12)11-6-2-4-8-15-11/h1,3,5,7,9,11,15H,2,4,6,8H2,(H,16,17). The molecule has 3 rings (SSSR count). The maximum absolute atomic E-state index is 4.46. The first-order valence-corrected chi connectivity index (χ1v) is 6.13. The van der Waals surface area contributed by atoms with Crippen LogP contribution in [-0.4, -0.2) is 21.5 Å². The smallest absolute Gasteiger partial charge is 0.123 e. The van der Waals surface area contributed by atoms with Gasteiger partial charge in [0.1, 0.15) is 5.82 Å². The summed E-state index contributed by atoms with van der Waals surface area (Å²) in [4.78, 5) is 12.1. The molecular formula is C13H16N4. The Hall–Kier alpha value is -1.68. The summed E-state index contributed by atoms with van der Waals surface area (Å²) in [5.41, 5.74) is 1.94. The quantitative estimate of drug-likeness (QED) is 0.829. The van der Waals surface area contributed by atoms with Crippen molar-refractivity contribution in [1.29, 1.82) is 0 Å². The number of imidazole rings is 1. The van der Waals surface area contributed by atoms with E-state index in [0.717, 1.165) is 30.2 Å². The number of hydrogen-bond acceptors (Lipinski definition) is 3. The molecule has 2 aromatic heterocycles. The van der Waals surface area contributed by atoms with Gasteiger partial charge in [-0.2, -0.15) is 0 Å². The summed E-state index contributed by atoms with van der Waals surface area (Å²) >= 11 is 0. The van der Waals surface area contributed by atoms with E-state index < -0.39 is 0 Å². The average Bonchev–Trinajstić information content (AvgIpc) is 2.90. The van der Waals surface area contributed by atoms with Crippen LogP contribution in [0.5, 0.6) is 0 Å². The summed E-state index contributed by atoms with van der Waals surface area (Å²) in [5, 5.41) is 3.49. The van der Waals surface area contributed by atoms with Gasteiger partial charge in [0.15, 0.2) is 0 Å². The lowest BCUT2D eigenvalue weighted by Crippen LogP contribution is -2.27. The van der Waals surface area contributed by atoms with Crippen LogP contribution in [0, 0.1) is 0 Å². The lowest BCUT2D eigenvalue weighted by molar-refractivity contribution is 0.399. The van der Waals surface area contributed by atoms with Gasteiger partial charge in [-0.25, -0.2) is 4.98 Å². The van der Waals surface area contributed by atoms with Crippen molar-refractivity contribution in [2.24, 2.45) is 0 Å². The summed E-state index contributed by atoms with van der Waals surface area (Å²) in [6, 6.07) is 6.28. The van der Waals surface area contributed by atoms with E-state index in [0.29, 0.717) is 6.04 Å². The van der Waals surface area contributed by atoms with Gasteiger partial charge < -0.3 is 10.3 Å². The number of piperidine rings is 1. The first kappa shape index (κ1) is 10.5. The van der Waals surface area contributed by atoms with Crippen molar-refractivity contribution in [3.63, 3.8) is 0 Å². The van der Waals surface area contributed by atoms with Gasteiger partial charge in [-0.3, -0.25) is 4.98 Å². The number of aromatic amines is 1. The van der Waals surface area contributed by atoms with E-state index in [2.05, 4.69) is 20.3 Å². The van der Waals surface area contributed by atoms with Gasteiger partial charge in [-0.1, -0.05) is 12.5 Å². The third-order valence-corrected chi connectivity index (χ3v) is 3.18. The highest BCUT2D eigenvalue weighted by Crippen LogP contribution is 2.22. The lowest BCUT2D eigenvalue weighted by Gasteiger charge is -2.21. The van der Waals surface area contributed by atoms with Gasteiger partial charge >= 0.3 is 0 Å². The lowest BCUT2D eigenvalue weighted by atomic mass is 10.0. The molecule has 1 atom stereocenters. The Morgan fingerprint density at radius 1 is 1.18 bits per heavy atom. The Bertz CT molecular complexity index is 471. The Labute approximate surface area is 101 Å². The largest absolute Gasteiger partial charge is 0.339 e. The zero-order valence-corrected chi connectivity index (χ0v) is 9.69. The monoisotopic (exact) mass is 228 g/mol. The molecule has 2 aromatic rings. The molecular weight excluding hydrogens is 212 g/mol. The molecule has 17 heavy (non-hydrogen) atoms. The summed E-state index contributed by atoms with van der Waals surface area (Å²) < 4.78 is 0. The number of rotatable bonds is 2. The van der Waals surface area contributed by atoms with E-state index in [1.807, 2.05) is 24.4 Å². The maximum atomic E-state index is 4.46. The number of pyridine rings is 1. The van der Waals surface area contributed by atoms with Gasteiger partial charge in [-0.15, -0.1) is 0 Å². The fourth-order valence-electron chi connectivity index (χ4n) is 2.25. The van der Waals surface area contributed by atoms with Crippen molar-refractivity contribution in [3.05, 3.63) is 36.4 Å². The summed E-state index contributed by atoms with van der Waals surface area (Å²) in [7, 11) is 0. The predicted molar refractivity (Wildman–Crippen MR) is 66.4 cm³/mol. The molecule has 3 heterocycles. The number of nitrogens with zero attached hydrogens (tertiary/aromatic N) is 2. The molecule has 1 aliphatic rings. The van der Waals surface area contributed by atoms with Crippen LogP contribution in [0.15, 0.2) is 30.6 Å². The molecule has 0 radical (unpaired) electrons. The first-order valence-electron chi connectivity index (χ1n) is 6.13. The minimum Gasteiger partial charge on any atom is -0.339 e. The van der Waals surface area contributed by atoms with Gasteiger partial charge in [0.05, 0.1) is 23.6 Å². The number of H-pyrrole nitrogens is 1. The van der Waals surface area contributed by atoms with Crippen molar-refractivity contribution in [3.8, 4) is 11.4 Å². The summed E-state index contributed by atoms with van der Waals surface area (Å²) in [6.07, 6.45) is 7.37. The molecule has 1 saturated heterocycles. The second kappa shape index (κ2) is 4.67. The van der Waals surface area contributed by atoms with Crippen LogP contribution in [0.2, 0.25) is 0 Å². The first-order chi connectivity index (χ1) is 8.43. The van der Waals surface area contributed by atoms with Gasteiger partial charge in [0.2, 0.25) is 0 Å².